The smallest absolute Gasteiger partial charge is 0.462 e. The number of phosphoric acid groups is 1. The number of ether oxygens (including phenoxy) is 2. The van der Waals surface area contributed by atoms with E-state index in [2.05, 4.69) is 60.9 Å². The second-order valence-corrected chi connectivity index (χ2v) is 15.4. The highest BCUT2D eigenvalue weighted by Gasteiger charge is 2.22. The third-order valence-corrected chi connectivity index (χ3v) is 9.07. The molecular formula is C42H75O9P. The summed E-state index contributed by atoms with van der Waals surface area (Å²) in [4.78, 5) is 42.8. The van der Waals surface area contributed by atoms with Crippen molar-refractivity contribution in [2.75, 3.05) is 19.8 Å². The predicted octanol–water partition coefficient (Wildman–Crippen LogP) is 11.2. The SMILES string of the molecule is CC(C)CCCCCCCCCCCCCCCC(=O)O[C@H](COC(=O)CCC/C=C\C/C=C\C/C=C\C/C=C\CCCCCO)COP(=O)(O)O. The lowest BCUT2D eigenvalue weighted by Crippen LogP contribution is -2.29. The average Bonchev–Trinajstić information content (AvgIpc) is 3.10. The molecular weight excluding hydrogens is 679 g/mol. The van der Waals surface area contributed by atoms with Crippen molar-refractivity contribution in [2.45, 2.75) is 180 Å². The summed E-state index contributed by atoms with van der Waals surface area (Å²) in [5.41, 5.74) is 0. The number of aliphatic hydroxyl groups excluding tert-OH is 1. The average molecular weight is 755 g/mol. The summed E-state index contributed by atoms with van der Waals surface area (Å²) in [6.45, 7) is 3.98. The second-order valence-electron chi connectivity index (χ2n) is 14.2. The van der Waals surface area contributed by atoms with Crippen molar-refractivity contribution in [2.24, 2.45) is 5.92 Å². The van der Waals surface area contributed by atoms with Gasteiger partial charge >= 0.3 is 19.8 Å². The van der Waals surface area contributed by atoms with Crippen LogP contribution in [0.15, 0.2) is 48.6 Å². The van der Waals surface area contributed by atoms with E-state index in [9.17, 15) is 14.2 Å². The lowest BCUT2D eigenvalue weighted by atomic mass is 10.0. The zero-order chi connectivity index (χ0) is 38.4. The summed E-state index contributed by atoms with van der Waals surface area (Å²) >= 11 is 0. The molecule has 0 heterocycles. The molecule has 0 rings (SSSR count). The Balaban J connectivity index is 4.02. The van der Waals surface area contributed by atoms with Crippen molar-refractivity contribution < 1.29 is 43.0 Å². The molecule has 0 spiro atoms. The van der Waals surface area contributed by atoms with Crippen LogP contribution in [-0.4, -0.2) is 52.8 Å². The molecule has 0 aromatic carbocycles. The highest BCUT2D eigenvalue weighted by Crippen LogP contribution is 2.36. The van der Waals surface area contributed by atoms with E-state index in [-0.39, 0.29) is 26.1 Å². The summed E-state index contributed by atoms with van der Waals surface area (Å²) in [5, 5.41) is 8.77. The molecule has 0 bridgehead atoms. The van der Waals surface area contributed by atoms with Gasteiger partial charge in [-0.05, 0) is 63.7 Å². The quantitative estimate of drug-likeness (QED) is 0.0245. The molecule has 0 fully saturated rings. The molecule has 0 aliphatic carbocycles. The van der Waals surface area contributed by atoms with Crippen LogP contribution in [0.2, 0.25) is 0 Å². The molecule has 0 aromatic heterocycles. The van der Waals surface area contributed by atoms with Crippen LogP contribution in [0.3, 0.4) is 0 Å². The van der Waals surface area contributed by atoms with Crippen molar-refractivity contribution in [3.8, 4) is 0 Å². The van der Waals surface area contributed by atoms with Gasteiger partial charge in [0.15, 0.2) is 6.10 Å². The molecule has 52 heavy (non-hydrogen) atoms. The summed E-state index contributed by atoms with van der Waals surface area (Å²) in [5.74, 6) is -0.145. The molecule has 0 saturated carbocycles. The molecule has 1 atom stereocenters. The van der Waals surface area contributed by atoms with Crippen LogP contribution in [0.1, 0.15) is 174 Å². The number of allylic oxidation sites excluding steroid dienone is 8. The van der Waals surface area contributed by atoms with Gasteiger partial charge in [0.05, 0.1) is 6.61 Å². The van der Waals surface area contributed by atoms with E-state index in [1.54, 1.807) is 0 Å². The van der Waals surface area contributed by atoms with Crippen LogP contribution in [0.25, 0.3) is 0 Å². The highest BCUT2D eigenvalue weighted by atomic mass is 31.2. The zero-order valence-corrected chi connectivity index (χ0v) is 33.7. The van der Waals surface area contributed by atoms with E-state index < -0.39 is 32.5 Å². The van der Waals surface area contributed by atoms with Gasteiger partial charge in [-0.15, -0.1) is 0 Å². The first kappa shape index (κ1) is 50.0. The molecule has 0 saturated heterocycles. The van der Waals surface area contributed by atoms with Gasteiger partial charge in [0.1, 0.15) is 6.61 Å². The third-order valence-electron chi connectivity index (χ3n) is 8.58. The maximum absolute atomic E-state index is 12.4. The Kier molecular flexibility index (Phi) is 35.8. The Morgan fingerprint density at radius 2 is 1.00 bits per heavy atom. The van der Waals surface area contributed by atoms with Gasteiger partial charge in [0, 0.05) is 19.4 Å². The van der Waals surface area contributed by atoms with Gasteiger partial charge in [-0.3, -0.25) is 14.1 Å². The molecule has 0 aliphatic heterocycles. The van der Waals surface area contributed by atoms with Gasteiger partial charge in [-0.1, -0.05) is 152 Å². The number of rotatable bonds is 37. The molecule has 0 unspecified atom stereocenters. The van der Waals surface area contributed by atoms with E-state index in [1.165, 1.54) is 64.2 Å². The fourth-order valence-electron chi connectivity index (χ4n) is 5.53. The van der Waals surface area contributed by atoms with E-state index in [0.717, 1.165) is 70.1 Å². The van der Waals surface area contributed by atoms with E-state index >= 15 is 0 Å². The number of carbonyl (C=O) groups is 2. The van der Waals surface area contributed by atoms with E-state index in [1.807, 2.05) is 6.08 Å². The standard InChI is InChI=1S/C42H75O9P/c1-39(2)33-29-25-21-17-13-9-8-11-15-19-23-27-31-35-42(45)51-40(38-50-52(46,47)48)37-49-41(44)34-30-26-22-18-14-10-6-4-3-5-7-12-16-20-24-28-32-36-43/h3,5-6,10,12,16,18,22,39-40,43H,4,7-9,11,13-15,17,19-21,23-38H2,1-2H3,(H2,46,47,48)/b5-3-,10-6-,16-12-,22-18-/t40-/m1/s1. The lowest BCUT2D eigenvalue weighted by molar-refractivity contribution is -0.161. The second kappa shape index (κ2) is 37.3. The maximum atomic E-state index is 12.4. The van der Waals surface area contributed by atoms with E-state index in [0.29, 0.717) is 19.3 Å². The molecule has 0 aromatic rings. The van der Waals surface area contributed by atoms with Gasteiger partial charge in [-0.2, -0.15) is 0 Å². The monoisotopic (exact) mass is 755 g/mol. The molecule has 10 heteroatoms. The Morgan fingerprint density at radius 1 is 0.558 bits per heavy atom. The number of esters is 2. The Morgan fingerprint density at radius 3 is 1.50 bits per heavy atom. The van der Waals surface area contributed by atoms with Crippen molar-refractivity contribution in [3.05, 3.63) is 48.6 Å². The van der Waals surface area contributed by atoms with Crippen LogP contribution in [0.5, 0.6) is 0 Å². The van der Waals surface area contributed by atoms with Gasteiger partial charge in [0.2, 0.25) is 0 Å². The van der Waals surface area contributed by atoms with Crippen LogP contribution < -0.4 is 0 Å². The minimum Gasteiger partial charge on any atom is -0.462 e. The highest BCUT2D eigenvalue weighted by molar-refractivity contribution is 7.46. The van der Waals surface area contributed by atoms with Crippen LogP contribution >= 0.6 is 7.82 Å². The normalized spacial score (nSPS) is 13.0. The third kappa shape index (κ3) is 40.7. The molecule has 0 radical (unpaired) electrons. The first-order valence-electron chi connectivity index (χ1n) is 20.4. The van der Waals surface area contributed by atoms with Crippen molar-refractivity contribution >= 4 is 19.8 Å². The predicted molar refractivity (Wildman–Crippen MR) is 213 cm³/mol. The fraction of sp³-hybridized carbons (Fsp3) is 0.762. The van der Waals surface area contributed by atoms with Crippen molar-refractivity contribution in [1.29, 1.82) is 0 Å². The molecule has 0 amide bonds. The minimum absolute atomic E-state index is 0.181. The Bertz CT molecular complexity index is 999. The van der Waals surface area contributed by atoms with Gasteiger partial charge < -0.3 is 24.4 Å². The fourth-order valence-corrected chi connectivity index (χ4v) is 5.89. The largest absolute Gasteiger partial charge is 0.469 e. The van der Waals surface area contributed by atoms with Crippen molar-refractivity contribution in [3.63, 3.8) is 0 Å². The maximum Gasteiger partial charge on any atom is 0.469 e. The van der Waals surface area contributed by atoms with Crippen LogP contribution in [0, 0.1) is 5.92 Å². The van der Waals surface area contributed by atoms with Gasteiger partial charge in [-0.25, -0.2) is 4.57 Å². The molecule has 0 aliphatic rings. The first-order chi connectivity index (χ1) is 25.1. The molecule has 3 N–H and O–H groups in total. The molecule has 302 valence electrons. The molecule has 9 nitrogen and oxygen atoms in total. The Labute approximate surface area is 317 Å². The number of carbonyl (C=O) groups excluding carboxylic acids is 2. The topological polar surface area (TPSA) is 140 Å². The summed E-state index contributed by atoms with van der Waals surface area (Å²) in [6.07, 6.45) is 41.4. The van der Waals surface area contributed by atoms with E-state index in [4.69, 9.17) is 24.4 Å². The van der Waals surface area contributed by atoms with Gasteiger partial charge in [0.25, 0.3) is 0 Å². The zero-order valence-electron chi connectivity index (χ0n) is 32.8. The summed E-state index contributed by atoms with van der Waals surface area (Å²) in [7, 11) is -4.77. The number of aliphatic hydroxyl groups is 1. The first-order valence-corrected chi connectivity index (χ1v) is 21.9. The Hall–Kier alpha value is -2.03. The lowest BCUT2D eigenvalue weighted by Gasteiger charge is -2.18. The number of hydrogen-bond donors (Lipinski definition) is 3. The summed E-state index contributed by atoms with van der Waals surface area (Å²) in [6, 6.07) is 0. The van der Waals surface area contributed by atoms with Crippen molar-refractivity contribution in [1.82, 2.24) is 0 Å². The number of unbranched alkanes of at least 4 members (excludes halogenated alkanes) is 16. The number of phosphoric ester groups is 1. The minimum atomic E-state index is -4.77. The van der Waals surface area contributed by atoms with Crippen LogP contribution in [-0.2, 0) is 28.2 Å². The number of hydrogen-bond acceptors (Lipinski definition) is 7. The summed E-state index contributed by atoms with van der Waals surface area (Å²) < 4.78 is 26.3. The van der Waals surface area contributed by atoms with Crippen LogP contribution in [0.4, 0.5) is 0 Å².